The summed E-state index contributed by atoms with van der Waals surface area (Å²) in [6.45, 7) is 6.27. The van der Waals surface area contributed by atoms with Gasteiger partial charge in [0.15, 0.2) is 5.13 Å². The Labute approximate surface area is 106 Å². The van der Waals surface area contributed by atoms with Crippen LogP contribution < -0.4 is 11.1 Å². The minimum absolute atomic E-state index is 0.00677. The standard InChI is InChI=1S/C12H17N3OS/c1-8(2)9(3)11(16)15-12-14-7-10(17-12)5-4-6-13/h7-9H,6,13H2,1-3H3,(H,14,15,16). The highest BCUT2D eigenvalue weighted by atomic mass is 32.1. The van der Waals surface area contributed by atoms with E-state index in [2.05, 4.69) is 22.1 Å². The third-order valence-corrected chi connectivity index (χ3v) is 3.29. The van der Waals surface area contributed by atoms with Gasteiger partial charge in [0, 0.05) is 5.92 Å². The van der Waals surface area contributed by atoms with E-state index in [0.717, 1.165) is 4.88 Å². The molecule has 0 bridgehead atoms. The molecule has 0 saturated heterocycles. The van der Waals surface area contributed by atoms with Crippen LogP contribution in [0.15, 0.2) is 6.20 Å². The molecule has 92 valence electrons. The summed E-state index contributed by atoms with van der Waals surface area (Å²) in [6, 6.07) is 0. The van der Waals surface area contributed by atoms with E-state index in [1.807, 2.05) is 20.8 Å². The third-order valence-electron chi connectivity index (χ3n) is 2.46. The Kier molecular flexibility index (Phi) is 5.13. The van der Waals surface area contributed by atoms with Crippen LogP contribution in [-0.4, -0.2) is 17.4 Å². The lowest BCUT2D eigenvalue weighted by Gasteiger charge is -2.13. The largest absolute Gasteiger partial charge is 0.320 e. The summed E-state index contributed by atoms with van der Waals surface area (Å²) in [4.78, 5) is 16.7. The second kappa shape index (κ2) is 6.38. The van der Waals surface area contributed by atoms with Crippen LogP contribution in [0.1, 0.15) is 25.6 Å². The lowest BCUT2D eigenvalue weighted by molar-refractivity contribution is -0.120. The van der Waals surface area contributed by atoms with Crippen LogP contribution in [0, 0.1) is 23.7 Å². The van der Waals surface area contributed by atoms with Crippen LogP contribution in [0.4, 0.5) is 5.13 Å². The Morgan fingerprint density at radius 2 is 2.29 bits per heavy atom. The number of carbonyl (C=O) groups excluding carboxylic acids is 1. The maximum absolute atomic E-state index is 11.8. The van der Waals surface area contributed by atoms with Crippen molar-refractivity contribution in [2.24, 2.45) is 17.6 Å². The molecule has 5 heteroatoms. The van der Waals surface area contributed by atoms with Crippen molar-refractivity contribution in [3.63, 3.8) is 0 Å². The number of carbonyl (C=O) groups is 1. The van der Waals surface area contributed by atoms with E-state index in [1.165, 1.54) is 11.3 Å². The average Bonchev–Trinajstić information content (AvgIpc) is 2.72. The molecule has 1 aromatic rings. The topological polar surface area (TPSA) is 68.0 Å². The number of hydrogen-bond donors (Lipinski definition) is 2. The summed E-state index contributed by atoms with van der Waals surface area (Å²) >= 11 is 1.36. The molecule has 1 aromatic heterocycles. The molecule has 4 nitrogen and oxygen atoms in total. The Balaban J connectivity index is 2.63. The summed E-state index contributed by atoms with van der Waals surface area (Å²) in [7, 11) is 0. The van der Waals surface area contributed by atoms with Gasteiger partial charge < -0.3 is 11.1 Å². The van der Waals surface area contributed by atoms with Gasteiger partial charge in [0.25, 0.3) is 0 Å². The zero-order valence-electron chi connectivity index (χ0n) is 10.3. The first-order chi connectivity index (χ1) is 8.04. The molecule has 1 heterocycles. The maximum atomic E-state index is 11.8. The quantitative estimate of drug-likeness (QED) is 0.803. The Morgan fingerprint density at radius 3 is 2.88 bits per heavy atom. The number of rotatable bonds is 3. The van der Waals surface area contributed by atoms with Gasteiger partial charge in [-0.3, -0.25) is 4.79 Å². The summed E-state index contributed by atoms with van der Waals surface area (Å²) in [5.41, 5.74) is 5.28. The summed E-state index contributed by atoms with van der Waals surface area (Å²) in [5, 5.41) is 3.38. The van der Waals surface area contributed by atoms with Crippen LogP contribution in [0.5, 0.6) is 0 Å². The molecule has 0 aliphatic heterocycles. The lowest BCUT2D eigenvalue weighted by Crippen LogP contribution is -2.24. The van der Waals surface area contributed by atoms with E-state index >= 15 is 0 Å². The van der Waals surface area contributed by atoms with E-state index in [1.54, 1.807) is 6.20 Å². The molecule has 0 aliphatic rings. The second-order valence-corrected chi connectivity index (χ2v) is 5.09. The fourth-order valence-electron chi connectivity index (χ4n) is 1.05. The Bertz CT molecular complexity index is 442. The molecule has 3 N–H and O–H groups in total. The normalized spacial score (nSPS) is 11.8. The number of hydrogen-bond acceptors (Lipinski definition) is 4. The van der Waals surface area contributed by atoms with Crippen molar-refractivity contribution >= 4 is 22.4 Å². The molecule has 0 spiro atoms. The predicted octanol–water partition coefficient (Wildman–Crippen LogP) is 1.68. The monoisotopic (exact) mass is 251 g/mol. The van der Waals surface area contributed by atoms with Gasteiger partial charge >= 0.3 is 0 Å². The first kappa shape index (κ1) is 13.7. The van der Waals surface area contributed by atoms with E-state index < -0.39 is 0 Å². The highest BCUT2D eigenvalue weighted by Gasteiger charge is 2.17. The van der Waals surface area contributed by atoms with E-state index in [0.29, 0.717) is 17.6 Å². The van der Waals surface area contributed by atoms with Crippen LogP contribution in [-0.2, 0) is 4.79 Å². The molecular weight excluding hydrogens is 234 g/mol. The molecule has 17 heavy (non-hydrogen) atoms. The third kappa shape index (κ3) is 4.17. The summed E-state index contributed by atoms with van der Waals surface area (Å²) in [6.07, 6.45) is 1.64. The lowest BCUT2D eigenvalue weighted by atomic mass is 9.97. The first-order valence-electron chi connectivity index (χ1n) is 5.50. The number of nitrogens with one attached hydrogen (secondary N) is 1. The van der Waals surface area contributed by atoms with Crippen LogP contribution in [0.3, 0.4) is 0 Å². The molecule has 0 aliphatic carbocycles. The van der Waals surface area contributed by atoms with Crippen molar-refractivity contribution in [2.75, 3.05) is 11.9 Å². The van der Waals surface area contributed by atoms with E-state index in [-0.39, 0.29) is 11.8 Å². The molecule has 0 aromatic carbocycles. The van der Waals surface area contributed by atoms with Gasteiger partial charge in [-0.25, -0.2) is 4.98 Å². The highest BCUT2D eigenvalue weighted by Crippen LogP contribution is 2.19. The van der Waals surface area contributed by atoms with Crippen molar-refractivity contribution in [3.8, 4) is 11.8 Å². The smallest absolute Gasteiger partial charge is 0.229 e. The minimum Gasteiger partial charge on any atom is -0.320 e. The Morgan fingerprint density at radius 1 is 1.59 bits per heavy atom. The molecule has 1 atom stereocenters. The summed E-state index contributed by atoms with van der Waals surface area (Å²) < 4.78 is 0. The predicted molar refractivity (Wildman–Crippen MR) is 70.7 cm³/mol. The maximum Gasteiger partial charge on any atom is 0.229 e. The van der Waals surface area contributed by atoms with E-state index in [4.69, 9.17) is 5.73 Å². The fourth-order valence-corrected chi connectivity index (χ4v) is 1.74. The van der Waals surface area contributed by atoms with Gasteiger partial charge in [-0.1, -0.05) is 43.9 Å². The molecule has 1 rings (SSSR count). The number of nitrogens with two attached hydrogens (primary N) is 1. The van der Waals surface area contributed by atoms with Gasteiger partial charge in [0.05, 0.1) is 17.6 Å². The van der Waals surface area contributed by atoms with Crippen LogP contribution in [0.25, 0.3) is 0 Å². The zero-order chi connectivity index (χ0) is 12.8. The van der Waals surface area contributed by atoms with Gasteiger partial charge in [-0.15, -0.1) is 0 Å². The van der Waals surface area contributed by atoms with Gasteiger partial charge in [-0.05, 0) is 5.92 Å². The van der Waals surface area contributed by atoms with Crippen molar-refractivity contribution < 1.29 is 4.79 Å². The number of nitrogens with zero attached hydrogens (tertiary/aromatic N) is 1. The van der Waals surface area contributed by atoms with Crippen LogP contribution in [0.2, 0.25) is 0 Å². The van der Waals surface area contributed by atoms with Crippen molar-refractivity contribution in [1.29, 1.82) is 0 Å². The highest BCUT2D eigenvalue weighted by molar-refractivity contribution is 7.16. The molecular formula is C12H17N3OS. The average molecular weight is 251 g/mol. The van der Waals surface area contributed by atoms with Gasteiger partial charge in [0.2, 0.25) is 5.91 Å². The Hall–Kier alpha value is -1.38. The van der Waals surface area contributed by atoms with Gasteiger partial charge in [-0.2, -0.15) is 0 Å². The van der Waals surface area contributed by atoms with Gasteiger partial charge in [0.1, 0.15) is 0 Å². The van der Waals surface area contributed by atoms with Crippen molar-refractivity contribution in [1.82, 2.24) is 4.98 Å². The number of thiazole rings is 1. The molecule has 0 fully saturated rings. The molecule has 0 saturated carbocycles. The van der Waals surface area contributed by atoms with Crippen molar-refractivity contribution in [3.05, 3.63) is 11.1 Å². The molecule has 1 amide bonds. The fraction of sp³-hybridized carbons (Fsp3) is 0.500. The SMILES string of the molecule is CC(C)C(C)C(=O)Nc1ncc(C#CCN)s1. The van der Waals surface area contributed by atoms with Crippen molar-refractivity contribution in [2.45, 2.75) is 20.8 Å². The van der Waals surface area contributed by atoms with E-state index in [9.17, 15) is 4.79 Å². The number of aromatic nitrogens is 1. The molecule has 0 radical (unpaired) electrons. The molecule has 1 unspecified atom stereocenters. The number of amides is 1. The number of anilines is 1. The zero-order valence-corrected chi connectivity index (χ0v) is 11.1. The van der Waals surface area contributed by atoms with Crippen LogP contribution >= 0.6 is 11.3 Å². The minimum atomic E-state index is -0.0301. The first-order valence-corrected chi connectivity index (χ1v) is 6.32. The summed E-state index contributed by atoms with van der Waals surface area (Å²) in [5.74, 6) is 5.90. The second-order valence-electron chi connectivity index (χ2n) is 4.06.